The summed E-state index contributed by atoms with van der Waals surface area (Å²) >= 11 is 0. The van der Waals surface area contributed by atoms with Crippen LogP contribution >= 0.6 is 0 Å². The van der Waals surface area contributed by atoms with Gasteiger partial charge < -0.3 is 14.8 Å². The number of hydrogen-bond acceptors (Lipinski definition) is 3. The van der Waals surface area contributed by atoms with Crippen molar-refractivity contribution >= 4 is 6.09 Å². The van der Waals surface area contributed by atoms with Gasteiger partial charge in [-0.3, -0.25) is 0 Å². The molecule has 21 heavy (non-hydrogen) atoms. The first-order valence-corrected chi connectivity index (χ1v) is 6.60. The van der Waals surface area contributed by atoms with Gasteiger partial charge in [-0.2, -0.15) is 0 Å². The van der Waals surface area contributed by atoms with Crippen molar-refractivity contribution in [2.75, 3.05) is 7.05 Å². The molecule has 2 aromatic carbocycles. The van der Waals surface area contributed by atoms with Gasteiger partial charge in [0.1, 0.15) is 11.6 Å². The zero-order valence-corrected chi connectivity index (χ0v) is 11.4. The number of nitrogens with one attached hydrogen (secondary N) is 1. The SMILES string of the molecule is CNC(=O)OC1Cc2cccc(-c3ccc(F)cc3)c2O1. The molecule has 0 spiro atoms. The van der Waals surface area contributed by atoms with E-state index in [-0.39, 0.29) is 5.82 Å². The first-order chi connectivity index (χ1) is 10.2. The predicted molar refractivity (Wildman–Crippen MR) is 75.5 cm³/mol. The Morgan fingerprint density at radius 3 is 2.76 bits per heavy atom. The fourth-order valence-electron chi connectivity index (χ4n) is 2.34. The third-order valence-electron chi connectivity index (χ3n) is 3.33. The molecule has 1 aliphatic heterocycles. The van der Waals surface area contributed by atoms with Crippen LogP contribution in [-0.2, 0) is 11.2 Å². The standard InChI is InChI=1S/C16H14FNO3/c1-18-16(19)21-14-9-11-3-2-4-13(15(11)20-14)10-5-7-12(17)8-6-10/h2-8,14H,9H2,1H3,(H,18,19). The van der Waals surface area contributed by atoms with Crippen molar-refractivity contribution in [2.45, 2.75) is 12.7 Å². The lowest BCUT2D eigenvalue weighted by atomic mass is 10.0. The van der Waals surface area contributed by atoms with Gasteiger partial charge in [0.15, 0.2) is 0 Å². The monoisotopic (exact) mass is 287 g/mol. The van der Waals surface area contributed by atoms with Crippen molar-refractivity contribution in [3.05, 3.63) is 53.8 Å². The molecule has 1 amide bonds. The highest BCUT2D eigenvalue weighted by Gasteiger charge is 2.28. The average molecular weight is 287 g/mol. The van der Waals surface area contributed by atoms with Crippen LogP contribution in [0.3, 0.4) is 0 Å². The predicted octanol–water partition coefficient (Wildman–Crippen LogP) is 3.11. The van der Waals surface area contributed by atoms with E-state index in [0.717, 1.165) is 16.7 Å². The van der Waals surface area contributed by atoms with Gasteiger partial charge in [0.2, 0.25) is 6.29 Å². The second kappa shape index (κ2) is 5.44. The average Bonchev–Trinajstić information content (AvgIpc) is 2.90. The van der Waals surface area contributed by atoms with Gasteiger partial charge in [0.05, 0.1) is 6.42 Å². The molecular weight excluding hydrogens is 273 g/mol. The van der Waals surface area contributed by atoms with E-state index in [9.17, 15) is 9.18 Å². The number of ether oxygens (including phenoxy) is 2. The maximum absolute atomic E-state index is 13.0. The number of rotatable bonds is 2. The van der Waals surface area contributed by atoms with Gasteiger partial charge in [-0.15, -0.1) is 0 Å². The first kappa shape index (κ1) is 13.4. The molecule has 0 saturated carbocycles. The Morgan fingerprint density at radius 2 is 2.05 bits per heavy atom. The second-order valence-corrected chi connectivity index (χ2v) is 4.71. The minimum atomic E-state index is -0.637. The van der Waals surface area contributed by atoms with Crippen molar-refractivity contribution < 1.29 is 18.7 Å². The Morgan fingerprint density at radius 1 is 1.29 bits per heavy atom. The number of halogens is 1. The van der Waals surface area contributed by atoms with Crippen molar-refractivity contribution in [3.8, 4) is 16.9 Å². The zero-order chi connectivity index (χ0) is 14.8. The molecule has 5 heteroatoms. The number of carbonyl (C=O) groups is 1. The lowest BCUT2D eigenvalue weighted by Crippen LogP contribution is -2.28. The van der Waals surface area contributed by atoms with Crippen LogP contribution in [0.2, 0.25) is 0 Å². The van der Waals surface area contributed by atoms with E-state index >= 15 is 0 Å². The molecule has 4 nitrogen and oxygen atoms in total. The van der Waals surface area contributed by atoms with E-state index in [1.54, 1.807) is 12.1 Å². The van der Waals surface area contributed by atoms with Crippen LogP contribution in [0.1, 0.15) is 5.56 Å². The molecule has 0 aromatic heterocycles. The third kappa shape index (κ3) is 2.67. The maximum atomic E-state index is 13.0. The maximum Gasteiger partial charge on any atom is 0.409 e. The highest BCUT2D eigenvalue weighted by Crippen LogP contribution is 2.38. The number of fused-ring (bicyclic) bond motifs is 1. The molecule has 108 valence electrons. The number of amides is 1. The molecule has 0 radical (unpaired) electrons. The summed E-state index contributed by atoms with van der Waals surface area (Å²) < 4.78 is 23.9. The van der Waals surface area contributed by atoms with Crippen molar-refractivity contribution in [3.63, 3.8) is 0 Å². The van der Waals surface area contributed by atoms with E-state index in [4.69, 9.17) is 9.47 Å². The van der Waals surface area contributed by atoms with Gasteiger partial charge in [-0.1, -0.05) is 30.3 Å². The fraction of sp³-hybridized carbons (Fsp3) is 0.188. The number of alkyl carbamates (subject to hydrolysis) is 1. The molecule has 0 bridgehead atoms. The molecule has 0 saturated heterocycles. The number of para-hydroxylation sites is 1. The molecule has 1 aliphatic rings. The molecule has 1 heterocycles. The van der Waals surface area contributed by atoms with Gasteiger partial charge in [0.25, 0.3) is 0 Å². The van der Waals surface area contributed by atoms with Gasteiger partial charge in [-0.05, 0) is 17.7 Å². The largest absolute Gasteiger partial charge is 0.453 e. The van der Waals surface area contributed by atoms with Crippen molar-refractivity contribution in [1.82, 2.24) is 5.32 Å². The molecule has 3 rings (SSSR count). The van der Waals surface area contributed by atoms with Gasteiger partial charge in [0, 0.05) is 18.2 Å². The van der Waals surface area contributed by atoms with Gasteiger partial charge >= 0.3 is 6.09 Å². The van der Waals surface area contributed by atoms with Crippen LogP contribution in [0.5, 0.6) is 5.75 Å². The molecule has 2 aromatic rings. The summed E-state index contributed by atoms with van der Waals surface area (Å²) in [6.07, 6.45) is -0.671. The lowest BCUT2D eigenvalue weighted by Gasteiger charge is -2.13. The topological polar surface area (TPSA) is 47.6 Å². The second-order valence-electron chi connectivity index (χ2n) is 4.71. The summed E-state index contributed by atoms with van der Waals surface area (Å²) in [5.74, 6) is 0.395. The van der Waals surface area contributed by atoms with E-state index in [1.807, 2.05) is 18.2 Å². The van der Waals surface area contributed by atoms with E-state index in [2.05, 4.69) is 5.32 Å². The smallest absolute Gasteiger partial charge is 0.409 e. The van der Waals surface area contributed by atoms with E-state index < -0.39 is 12.4 Å². The highest BCUT2D eigenvalue weighted by molar-refractivity contribution is 5.73. The molecular formula is C16H14FNO3. The molecule has 1 unspecified atom stereocenters. The fourth-order valence-corrected chi connectivity index (χ4v) is 2.34. The number of benzene rings is 2. The van der Waals surface area contributed by atoms with Crippen LogP contribution in [0.25, 0.3) is 11.1 Å². The quantitative estimate of drug-likeness (QED) is 0.923. The molecule has 0 aliphatic carbocycles. The summed E-state index contributed by atoms with van der Waals surface area (Å²) in [5.41, 5.74) is 2.68. The lowest BCUT2D eigenvalue weighted by molar-refractivity contribution is -0.0153. The van der Waals surface area contributed by atoms with Crippen LogP contribution in [-0.4, -0.2) is 19.4 Å². The molecule has 1 N–H and O–H groups in total. The summed E-state index contributed by atoms with van der Waals surface area (Å²) in [5, 5.41) is 2.39. The first-order valence-electron chi connectivity index (χ1n) is 6.60. The minimum Gasteiger partial charge on any atom is -0.453 e. The van der Waals surface area contributed by atoms with Crippen molar-refractivity contribution in [2.24, 2.45) is 0 Å². The minimum absolute atomic E-state index is 0.284. The third-order valence-corrected chi connectivity index (χ3v) is 3.33. The van der Waals surface area contributed by atoms with Crippen LogP contribution in [0.4, 0.5) is 9.18 Å². The van der Waals surface area contributed by atoms with Crippen LogP contribution in [0, 0.1) is 5.82 Å². The Labute approximate surface area is 121 Å². The number of hydrogen-bond donors (Lipinski definition) is 1. The summed E-state index contributed by atoms with van der Waals surface area (Å²) in [6, 6.07) is 11.9. The van der Waals surface area contributed by atoms with E-state index in [0.29, 0.717) is 12.2 Å². The summed E-state index contributed by atoms with van der Waals surface area (Å²) in [4.78, 5) is 11.3. The normalized spacial score (nSPS) is 16.0. The summed E-state index contributed by atoms with van der Waals surface area (Å²) in [6.45, 7) is 0. The Bertz CT molecular complexity index is 670. The number of carbonyl (C=O) groups excluding carboxylic acids is 1. The van der Waals surface area contributed by atoms with Crippen LogP contribution < -0.4 is 10.1 Å². The Hall–Kier alpha value is -2.56. The van der Waals surface area contributed by atoms with E-state index in [1.165, 1.54) is 19.2 Å². The highest BCUT2D eigenvalue weighted by atomic mass is 19.1. The molecule has 1 atom stereocenters. The summed E-state index contributed by atoms with van der Waals surface area (Å²) in [7, 11) is 1.49. The Balaban J connectivity index is 1.89. The van der Waals surface area contributed by atoms with Crippen LogP contribution in [0.15, 0.2) is 42.5 Å². The zero-order valence-electron chi connectivity index (χ0n) is 11.4. The van der Waals surface area contributed by atoms with Gasteiger partial charge in [-0.25, -0.2) is 9.18 Å². The van der Waals surface area contributed by atoms with Crippen molar-refractivity contribution in [1.29, 1.82) is 0 Å². The Kier molecular flexibility index (Phi) is 3.48. The molecule has 0 fully saturated rings.